The molecule has 0 N–H and O–H groups in total. The summed E-state index contributed by atoms with van der Waals surface area (Å²) in [5, 5.41) is 18.0. The van der Waals surface area contributed by atoms with Crippen molar-refractivity contribution in [2.24, 2.45) is 0 Å². The summed E-state index contributed by atoms with van der Waals surface area (Å²) in [4.78, 5) is 0. The lowest BCUT2D eigenvalue weighted by Crippen LogP contribution is -1.91. The highest BCUT2D eigenvalue weighted by molar-refractivity contribution is 6.22. The lowest BCUT2D eigenvalue weighted by molar-refractivity contribution is 1.68. The molecule has 0 radical (unpaired) electrons. The summed E-state index contributed by atoms with van der Waals surface area (Å²) in [7, 11) is 0. The Morgan fingerprint density at radius 2 is 0.500 bits per heavy atom. The minimum atomic E-state index is 1.26. The van der Waals surface area contributed by atoms with Gasteiger partial charge in [-0.1, -0.05) is 200 Å². The molecule has 0 nitrogen and oxygen atoms in total. The summed E-state index contributed by atoms with van der Waals surface area (Å²) in [6.07, 6.45) is 0. The molecule has 0 heterocycles. The van der Waals surface area contributed by atoms with E-state index in [1.165, 1.54) is 109 Å². The first kappa shape index (κ1) is 33.8. The van der Waals surface area contributed by atoms with Gasteiger partial charge in [0.2, 0.25) is 0 Å². The van der Waals surface area contributed by atoms with E-state index in [0.717, 1.165) is 0 Å². The molecular formula is C58H38. The van der Waals surface area contributed by atoms with Crippen LogP contribution in [0.2, 0.25) is 0 Å². The van der Waals surface area contributed by atoms with E-state index in [9.17, 15) is 0 Å². The average Bonchev–Trinajstić information content (AvgIpc) is 3.29. The van der Waals surface area contributed by atoms with Gasteiger partial charge in [0.15, 0.2) is 0 Å². The van der Waals surface area contributed by atoms with Crippen molar-refractivity contribution in [3.8, 4) is 33.4 Å². The molecule has 0 amide bonds. The molecule has 0 aromatic heterocycles. The van der Waals surface area contributed by atoms with E-state index in [4.69, 9.17) is 0 Å². The van der Waals surface area contributed by atoms with Gasteiger partial charge in [0.05, 0.1) is 0 Å². The predicted octanol–water partition coefficient (Wildman–Crippen LogP) is 16.4. The molecule has 58 heavy (non-hydrogen) atoms. The minimum Gasteiger partial charge on any atom is -0.0616 e. The van der Waals surface area contributed by atoms with E-state index < -0.39 is 0 Å². The molecule has 0 atom stereocenters. The number of rotatable bonds is 3. The van der Waals surface area contributed by atoms with Gasteiger partial charge in [-0.15, -0.1) is 0 Å². The lowest BCUT2D eigenvalue weighted by atomic mass is 9.85. The largest absolute Gasteiger partial charge is 0.0616 e. The Labute approximate surface area is 337 Å². The SMILES string of the molecule is c1ccc2cc(-c3c4ccccc4c(-c4ccc5ccccc5c4)c4ccccc34)ccc2c1.c1ccc2cc(-c3cccc4cc5ccccc5cc34)ccc2c1. The van der Waals surface area contributed by atoms with E-state index in [1.807, 2.05) is 0 Å². The van der Waals surface area contributed by atoms with Gasteiger partial charge < -0.3 is 0 Å². The van der Waals surface area contributed by atoms with Crippen LogP contribution in [-0.2, 0) is 0 Å². The molecule has 0 bridgehead atoms. The molecule has 0 spiro atoms. The molecule has 0 heteroatoms. The third-order valence-corrected chi connectivity index (χ3v) is 11.8. The Morgan fingerprint density at radius 3 is 0.948 bits per heavy atom. The van der Waals surface area contributed by atoms with Crippen molar-refractivity contribution in [3.05, 3.63) is 231 Å². The van der Waals surface area contributed by atoms with Crippen LogP contribution in [0.3, 0.4) is 0 Å². The van der Waals surface area contributed by atoms with Gasteiger partial charge in [-0.3, -0.25) is 0 Å². The van der Waals surface area contributed by atoms with Crippen LogP contribution in [0.1, 0.15) is 0 Å². The Morgan fingerprint density at radius 1 is 0.172 bits per heavy atom. The van der Waals surface area contributed by atoms with Gasteiger partial charge in [-0.25, -0.2) is 0 Å². The van der Waals surface area contributed by atoms with Crippen LogP contribution in [0.5, 0.6) is 0 Å². The van der Waals surface area contributed by atoms with Crippen LogP contribution in [0.15, 0.2) is 231 Å². The second-order valence-corrected chi connectivity index (χ2v) is 15.3. The third-order valence-electron chi connectivity index (χ3n) is 11.8. The first-order chi connectivity index (χ1) is 28.7. The summed E-state index contributed by atoms with van der Waals surface area (Å²) < 4.78 is 0. The Balaban J connectivity index is 0.000000141. The van der Waals surface area contributed by atoms with Gasteiger partial charge in [-0.2, -0.15) is 0 Å². The maximum absolute atomic E-state index is 2.33. The monoisotopic (exact) mass is 734 g/mol. The average molecular weight is 735 g/mol. The maximum Gasteiger partial charge on any atom is -0.00262 e. The molecule has 12 rings (SSSR count). The number of hydrogen-bond acceptors (Lipinski definition) is 0. The molecule has 0 saturated heterocycles. The van der Waals surface area contributed by atoms with Gasteiger partial charge in [0, 0.05) is 0 Å². The fraction of sp³-hybridized carbons (Fsp3) is 0. The molecule has 270 valence electrons. The topological polar surface area (TPSA) is 0 Å². The standard InChI is InChI=1S/C34H22.C24H16/c1-3-11-25-21-27(19-17-23(25)9-1)33-29-13-5-7-15-31(29)34(32-16-8-6-14-30(32)33)28-20-18-24-10-2-4-12-26(24)22-28;1-2-7-18-14-22(13-12-17(18)6-1)23-11-5-10-21-15-19-8-3-4-9-20(19)16-24(21)23/h1-22H;1-16H. The molecule has 0 unspecified atom stereocenters. The van der Waals surface area contributed by atoms with Crippen LogP contribution in [-0.4, -0.2) is 0 Å². The van der Waals surface area contributed by atoms with Crippen molar-refractivity contribution >= 4 is 75.4 Å². The summed E-state index contributed by atoms with van der Waals surface area (Å²) in [5.41, 5.74) is 7.70. The van der Waals surface area contributed by atoms with Crippen molar-refractivity contribution in [3.63, 3.8) is 0 Å². The highest BCUT2D eigenvalue weighted by atomic mass is 14.2. The van der Waals surface area contributed by atoms with Crippen molar-refractivity contribution in [2.75, 3.05) is 0 Å². The third kappa shape index (κ3) is 5.95. The van der Waals surface area contributed by atoms with E-state index >= 15 is 0 Å². The van der Waals surface area contributed by atoms with Crippen LogP contribution < -0.4 is 0 Å². The van der Waals surface area contributed by atoms with Crippen LogP contribution in [0, 0.1) is 0 Å². The minimum absolute atomic E-state index is 1.26. The Kier molecular flexibility index (Phi) is 8.26. The molecular weight excluding hydrogens is 697 g/mol. The van der Waals surface area contributed by atoms with Crippen LogP contribution in [0.4, 0.5) is 0 Å². The molecule has 0 aliphatic rings. The van der Waals surface area contributed by atoms with Gasteiger partial charge in [0.25, 0.3) is 0 Å². The first-order valence-corrected chi connectivity index (χ1v) is 20.1. The quantitative estimate of drug-likeness (QED) is 0.159. The lowest BCUT2D eigenvalue weighted by Gasteiger charge is -2.18. The Hall–Kier alpha value is -7.54. The second kappa shape index (κ2) is 14.2. The Bertz CT molecular complexity index is 3320. The first-order valence-electron chi connectivity index (χ1n) is 20.1. The molecule has 0 fully saturated rings. The van der Waals surface area contributed by atoms with Crippen LogP contribution >= 0.6 is 0 Å². The predicted molar refractivity (Wildman–Crippen MR) is 252 cm³/mol. The van der Waals surface area contributed by atoms with Crippen LogP contribution in [0.25, 0.3) is 109 Å². The highest BCUT2D eigenvalue weighted by Gasteiger charge is 2.17. The van der Waals surface area contributed by atoms with Crippen molar-refractivity contribution < 1.29 is 0 Å². The molecule has 12 aromatic rings. The molecule has 0 aliphatic heterocycles. The summed E-state index contributed by atoms with van der Waals surface area (Å²) in [6.45, 7) is 0. The van der Waals surface area contributed by atoms with Crippen molar-refractivity contribution in [1.29, 1.82) is 0 Å². The normalized spacial score (nSPS) is 11.4. The van der Waals surface area contributed by atoms with E-state index in [2.05, 4.69) is 231 Å². The van der Waals surface area contributed by atoms with E-state index in [1.54, 1.807) is 0 Å². The van der Waals surface area contributed by atoms with E-state index in [0.29, 0.717) is 0 Å². The second-order valence-electron chi connectivity index (χ2n) is 15.3. The van der Waals surface area contributed by atoms with E-state index in [-0.39, 0.29) is 0 Å². The van der Waals surface area contributed by atoms with Gasteiger partial charge in [-0.05, 0) is 139 Å². The summed E-state index contributed by atoms with van der Waals surface area (Å²) in [6, 6.07) is 83.6. The molecule has 0 saturated carbocycles. The number of hydrogen-bond donors (Lipinski definition) is 0. The van der Waals surface area contributed by atoms with Crippen molar-refractivity contribution in [2.45, 2.75) is 0 Å². The summed E-state index contributed by atoms with van der Waals surface area (Å²) in [5.74, 6) is 0. The van der Waals surface area contributed by atoms with Gasteiger partial charge in [0.1, 0.15) is 0 Å². The molecule has 12 aromatic carbocycles. The fourth-order valence-electron chi connectivity index (χ4n) is 9.02. The number of benzene rings is 12. The van der Waals surface area contributed by atoms with Crippen molar-refractivity contribution in [1.82, 2.24) is 0 Å². The zero-order valence-electron chi connectivity index (χ0n) is 31.9. The fourth-order valence-corrected chi connectivity index (χ4v) is 9.02. The smallest absolute Gasteiger partial charge is 0.00262 e. The summed E-state index contributed by atoms with van der Waals surface area (Å²) >= 11 is 0. The zero-order valence-corrected chi connectivity index (χ0v) is 31.9. The highest BCUT2D eigenvalue weighted by Crippen LogP contribution is 2.44. The zero-order chi connectivity index (χ0) is 38.4. The molecule has 0 aliphatic carbocycles. The maximum atomic E-state index is 2.33. The number of fused-ring (bicyclic) bond motifs is 7. The van der Waals surface area contributed by atoms with Gasteiger partial charge >= 0.3 is 0 Å².